The van der Waals surface area contributed by atoms with Crippen molar-refractivity contribution >= 4 is 46.2 Å². The van der Waals surface area contributed by atoms with Gasteiger partial charge in [-0.1, -0.05) is 23.7 Å². The zero-order valence-electron chi connectivity index (χ0n) is 17.9. The van der Waals surface area contributed by atoms with Crippen LogP contribution in [-0.2, 0) is 22.2 Å². The summed E-state index contributed by atoms with van der Waals surface area (Å²) in [5.41, 5.74) is 6.45. The topological polar surface area (TPSA) is 104 Å². The number of carbonyl (C=O) groups is 2. The lowest BCUT2D eigenvalue weighted by molar-refractivity contribution is -0.130. The highest BCUT2D eigenvalue weighted by Crippen LogP contribution is 2.26. The maximum absolute atomic E-state index is 13.1. The molecule has 176 valence electrons. The number of halogens is 2. The van der Waals surface area contributed by atoms with Crippen molar-refractivity contribution in [2.75, 3.05) is 23.9 Å². The summed E-state index contributed by atoms with van der Waals surface area (Å²) >= 11 is 6.02. The largest absolute Gasteiger partial charge is 0.350 e. The van der Waals surface area contributed by atoms with E-state index in [1.165, 1.54) is 42.5 Å². The molecular formula is C22H24ClFN4O4S. The summed E-state index contributed by atoms with van der Waals surface area (Å²) in [4.78, 5) is 28.3. The van der Waals surface area contributed by atoms with E-state index in [0.717, 1.165) is 5.56 Å². The first-order valence-electron chi connectivity index (χ1n) is 10.1. The molecule has 8 nitrogen and oxygen atoms in total. The first-order chi connectivity index (χ1) is 15.7. The molecule has 0 aromatic heterocycles. The first-order valence-corrected chi connectivity index (χ1v) is 11.7. The number of piperazine rings is 1. The Morgan fingerprint density at radius 2 is 1.91 bits per heavy atom. The molecular weight excluding hydrogens is 471 g/mol. The molecule has 0 saturated carbocycles. The smallest absolute Gasteiger partial charge is 0.333 e. The van der Waals surface area contributed by atoms with E-state index < -0.39 is 16.9 Å². The summed E-state index contributed by atoms with van der Waals surface area (Å²) in [5.74, 6) is -0.537. The number of nitrogens with zero attached hydrogens (tertiary/aromatic N) is 3. The highest BCUT2D eigenvalue weighted by atomic mass is 35.5. The van der Waals surface area contributed by atoms with Gasteiger partial charge in [0, 0.05) is 48.9 Å². The standard InChI is InChI=1S/C22H24ClFN4O4S/c1-15-13-26(14-16-2-6-19(24)7-3-16)10-11-27(15)21(29)9-4-17-12-18(23)5-8-20(17)28(22(25)30)33(31)32/h2-9,12,15,33H,10-11,13-14H2,1H3,(H2,25,30)/b9-4+. The molecule has 2 aromatic carbocycles. The minimum absolute atomic E-state index is 0.00391. The van der Waals surface area contributed by atoms with E-state index in [9.17, 15) is 22.4 Å². The number of benzene rings is 2. The Labute approximate surface area is 198 Å². The fraction of sp³-hybridized carbons (Fsp3) is 0.273. The molecule has 0 radical (unpaired) electrons. The third-order valence-electron chi connectivity index (χ3n) is 5.31. The minimum atomic E-state index is -3.32. The van der Waals surface area contributed by atoms with Gasteiger partial charge in [-0.05, 0) is 48.9 Å². The number of urea groups is 1. The predicted octanol–water partition coefficient (Wildman–Crippen LogP) is 2.64. The van der Waals surface area contributed by atoms with E-state index in [-0.39, 0.29) is 29.0 Å². The molecule has 1 aliphatic rings. The van der Waals surface area contributed by atoms with Crippen molar-refractivity contribution in [3.63, 3.8) is 0 Å². The lowest BCUT2D eigenvalue weighted by atomic mass is 10.1. The van der Waals surface area contributed by atoms with Crippen LogP contribution in [0.15, 0.2) is 48.5 Å². The second-order valence-electron chi connectivity index (χ2n) is 7.67. The number of primary amides is 1. The molecule has 2 aromatic rings. The average Bonchev–Trinajstić information content (AvgIpc) is 2.75. The van der Waals surface area contributed by atoms with E-state index in [0.29, 0.717) is 35.5 Å². The molecule has 1 saturated heterocycles. The summed E-state index contributed by atoms with van der Waals surface area (Å²) in [7, 11) is -3.32. The third kappa shape index (κ3) is 6.31. The monoisotopic (exact) mass is 494 g/mol. The predicted molar refractivity (Wildman–Crippen MR) is 126 cm³/mol. The van der Waals surface area contributed by atoms with Gasteiger partial charge in [-0.2, -0.15) is 4.31 Å². The molecule has 2 N–H and O–H groups in total. The summed E-state index contributed by atoms with van der Waals surface area (Å²) in [6, 6.07) is 9.31. The van der Waals surface area contributed by atoms with Crippen molar-refractivity contribution in [1.29, 1.82) is 0 Å². The van der Waals surface area contributed by atoms with Gasteiger partial charge in [-0.25, -0.2) is 17.6 Å². The van der Waals surface area contributed by atoms with Gasteiger partial charge < -0.3 is 10.6 Å². The van der Waals surface area contributed by atoms with E-state index in [2.05, 4.69) is 4.90 Å². The van der Waals surface area contributed by atoms with Gasteiger partial charge in [0.2, 0.25) is 16.8 Å². The van der Waals surface area contributed by atoms with Crippen LogP contribution >= 0.6 is 11.6 Å². The zero-order chi connectivity index (χ0) is 24.1. The maximum Gasteiger partial charge on any atom is 0.333 e. The van der Waals surface area contributed by atoms with Crippen molar-refractivity contribution in [3.8, 4) is 0 Å². The Kier molecular flexibility index (Phi) is 8.06. The zero-order valence-corrected chi connectivity index (χ0v) is 19.5. The molecule has 1 unspecified atom stereocenters. The van der Waals surface area contributed by atoms with Crippen LogP contribution in [0.3, 0.4) is 0 Å². The normalized spacial score (nSPS) is 17.0. The van der Waals surface area contributed by atoms with Gasteiger partial charge in [0.05, 0.1) is 5.69 Å². The molecule has 1 fully saturated rings. The van der Waals surface area contributed by atoms with E-state index in [1.54, 1.807) is 17.0 Å². The summed E-state index contributed by atoms with van der Waals surface area (Å²) in [5, 5.41) is 0.305. The van der Waals surface area contributed by atoms with Crippen molar-refractivity contribution in [2.24, 2.45) is 5.73 Å². The van der Waals surface area contributed by atoms with Crippen LogP contribution in [0.1, 0.15) is 18.1 Å². The van der Waals surface area contributed by atoms with Crippen LogP contribution in [-0.4, -0.2) is 55.8 Å². The second-order valence-corrected chi connectivity index (χ2v) is 8.98. The highest BCUT2D eigenvalue weighted by molar-refractivity contribution is 7.75. The molecule has 1 heterocycles. The lowest BCUT2D eigenvalue weighted by Gasteiger charge is -2.39. The van der Waals surface area contributed by atoms with Crippen LogP contribution in [0.5, 0.6) is 0 Å². The number of thiol groups is 1. The van der Waals surface area contributed by atoms with Crippen molar-refractivity contribution in [2.45, 2.75) is 19.5 Å². The third-order valence-corrected chi connectivity index (χ3v) is 6.28. The fourth-order valence-electron chi connectivity index (χ4n) is 3.75. The number of hydrogen-bond acceptors (Lipinski definition) is 5. The minimum Gasteiger partial charge on any atom is -0.350 e. The van der Waals surface area contributed by atoms with Crippen LogP contribution < -0.4 is 10.0 Å². The maximum atomic E-state index is 13.1. The van der Waals surface area contributed by atoms with Crippen LogP contribution in [0.2, 0.25) is 5.02 Å². The molecule has 0 aliphatic carbocycles. The van der Waals surface area contributed by atoms with Crippen molar-refractivity contribution < 1.29 is 22.4 Å². The molecule has 1 aliphatic heterocycles. The average molecular weight is 495 g/mol. The summed E-state index contributed by atoms with van der Waals surface area (Å²) < 4.78 is 36.5. The Morgan fingerprint density at radius 1 is 1.21 bits per heavy atom. The summed E-state index contributed by atoms with van der Waals surface area (Å²) in [6.45, 7) is 4.38. The van der Waals surface area contributed by atoms with E-state index >= 15 is 0 Å². The number of rotatable bonds is 6. The van der Waals surface area contributed by atoms with Gasteiger partial charge in [-0.15, -0.1) is 0 Å². The lowest BCUT2D eigenvalue weighted by Crippen LogP contribution is -2.53. The van der Waals surface area contributed by atoms with Gasteiger partial charge in [0.25, 0.3) is 0 Å². The fourth-order valence-corrected chi connectivity index (χ4v) is 4.45. The quantitative estimate of drug-likeness (QED) is 0.474. The number of carbonyl (C=O) groups excluding carboxylic acids is 2. The van der Waals surface area contributed by atoms with Gasteiger partial charge in [0.15, 0.2) is 0 Å². The number of anilines is 1. The molecule has 3 amide bonds. The van der Waals surface area contributed by atoms with Gasteiger partial charge in [0.1, 0.15) is 5.82 Å². The first kappa shape index (κ1) is 24.7. The van der Waals surface area contributed by atoms with Gasteiger partial charge in [-0.3, -0.25) is 9.69 Å². The Hall–Kier alpha value is -2.95. The second kappa shape index (κ2) is 10.8. The summed E-state index contributed by atoms with van der Waals surface area (Å²) in [6.07, 6.45) is 2.73. The Balaban J connectivity index is 1.70. The van der Waals surface area contributed by atoms with Crippen molar-refractivity contribution in [1.82, 2.24) is 9.80 Å². The van der Waals surface area contributed by atoms with Gasteiger partial charge >= 0.3 is 6.03 Å². The van der Waals surface area contributed by atoms with Crippen molar-refractivity contribution in [3.05, 3.63) is 70.5 Å². The molecule has 11 heteroatoms. The van der Waals surface area contributed by atoms with Crippen LogP contribution in [0.4, 0.5) is 14.9 Å². The van der Waals surface area contributed by atoms with Crippen LogP contribution in [0.25, 0.3) is 6.08 Å². The highest BCUT2D eigenvalue weighted by Gasteiger charge is 2.26. The van der Waals surface area contributed by atoms with E-state index in [4.69, 9.17) is 17.3 Å². The molecule has 0 bridgehead atoms. The number of amides is 3. The Morgan fingerprint density at radius 3 is 2.52 bits per heavy atom. The SMILES string of the molecule is CC1CN(Cc2ccc(F)cc2)CCN1C(=O)/C=C/c1cc(Cl)ccc1N(C(N)=O)[SH](=O)=O. The molecule has 0 spiro atoms. The van der Waals surface area contributed by atoms with Crippen LogP contribution in [0, 0.1) is 5.82 Å². The molecule has 1 atom stereocenters. The Bertz CT molecular complexity index is 1130. The molecule has 33 heavy (non-hydrogen) atoms. The number of hydrogen-bond donors (Lipinski definition) is 2. The van der Waals surface area contributed by atoms with E-state index in [1.807, 2.05) is 6.92 Å². The molecule has 3 rings (SSSR count). The number of nitrogens with two attached hydrogens (primary N) is 1.